The lowest BCUT2D eigenvalue weighted by Crippen LogP contribution is -1.86. The third kappa shape index (κ3) is 1.89. The maximum atomic E-state index is 6.30. The van der Waals surface area contributed by atoms with Crippen molar-refractivity contribution in [1.29, 1.82) is 0 Å². The lowest BCUT2D eigenvalue weighted by atomic mass is 9.98. The lowest BCUT2D eigenvalue weighted by Gasteiger charge is -2.04. The van der Waals surface area contributed by atoms with E-state index in [1.165, 1.54) is 16.3 Å². The summed E-state index contributed by atoms with van der Waals surface area (Å²) in [5.74, 6) is 0. The van der Waals surface area contributed by atoms with Crippen molar-refractivity contribution in [2.45, 2.75) is 6.92 Å². The highest BCUT2D eigenvalue weighted by atomic mass is 16.3. The van der Waals surface area contributed by atoms with Gasteiger partial charge in [0.15, 0.2) is 0 Å². The molecule has 0 unspecified atom stereocenters. The van der Waals surface area contributed by atoms with Crippen LogP contribution in [0, 0.1) is 6.92 Å². The van der Waals surface area contributed by atoms with E-state index in [0.717, 1.165) is 60.3 Å². The highest BCUT2D eigenvalue weighted by molar-refractivity contribution is 6.26. The van der Waals surface area contributed by atoms with E-state index in [9.17, 15) is 0 Å². The van der Waals surface area contributed by atoms with Gasteiger partial charge in [-0.05, 0) is 40.8 Å². The van der Waals surface area contributed by atoms with Gasteiger partial charge in [0.05, 0.1) is 0 Å². The highest BCUT2D eigenvalue weighted by Gasteiger charge is 2.18. The Morgan fingerprint density at radius 2 is 1.07 bits per heavy atom. The van der Waals surface area contributed by atoms with E-state index >= 15 is 0 Å². The van der Waals surface area contributed by atoms with Crippen molar-refractivity contribution in [1.82, 2.24) is 0 Å². The monoisotopic (exact) mass is 387 g/mol. The van der Waals surface area contributed by atoms with Crippen LogP contribution in [0.1, 0.15) is 5.56 Å². The van der Waals surface area contributed by atoms with Gasteiger partial charge < -0.3 is 14.6 Å². The molecule has 0 fully saturated rings. The fourth-order valence-electron chi connectivity index (χ4n) is 4.98. The van der Waals surface area contributed by atoms with E-state index in [0.29, 0.717) is 0 Å². The van der Waals surface area contributed by atoms with E-state index < -0.39 is 0 Å². The Hall–Kier alpha value is -3.98. The van der Waals surface area contributed by atoms with Gasteiger partial charge in [-0.1, -0.05) is 48.5 Å². The van der Waals surface area contributed by atoms with Gasteiger partial charge in [-0.2, -0.15) is 0 Å². The maximum absolute atomic E-state index is 6.30. The number of nitrogen functional groups attached to an aromatic ring is 1. The molecular weight excluding hydrogens is 370 g/mol. The van der Waals surface area contributed by atoms with E-state index in [1.54, 1.807) is 0 Å². The van der Waals surface area contributed by atoms with Crippen molar-refractivity contribution < 1.29 is 8.83 Å². The molecule has 0 bridgehead atoms. The Morgan fingerprint density at radius 3 is 1.73 bits per heavy atom. The fourth-order valence-corrected chi connectivity index (χ4v) is 4.98. The van der Waals surface area contributed by atoms with Crippen LogP contribution in [0.3, 0.4) is 0 Å². The van der Waals surface area contributed by atoms with Gasteiger partial charge in [0.25, 0.3) is 0 Å². The van der Waals surface area contributed by atoms with Crippen LogP contribution in [0.25, 0.3) is 65.4 Å². The van der Waals surface area contributed by atoms with Crippen molar-refractivity contribution in [3.05, 3.63) is 78.4 Å². The Labute approximate surface area is 171 Å². The molecule has 0 saturated heterocycles. The maximum Gasteiger partial charge on any atom is 0.139 e. The molecule has 2 heterocycles. The van der Waals surface area contributed by atoms with Crippen LogP contribution in [0.5, 0.6) is 0 Å². The summed E-state index contributed by atoms with van der Waals surface area (Å²) in [7, 11) is 0. The van der Waals surface area contributed by atoms with E-state index in [1.807, 2.05) is 24.3 Å². The first-order valence-electron chi connectivity index (χ1n) is 10.1. The number of anilines is 1. The largest absolute Gasteiger partial charge is 0.456 e. The molecular formula is C27H17NO2. The van der Waals surface area contributed by atoms with Gasteiger partial charge in [0, 0.05) is 44.8 Å². The molecule has 0 amide bonds. The number of fused-ring (bicyclic) bond motifs is 10. The van der Waals surface area contributed by atoms with Crippen LogP contribution >= 0.6 is 0 Å². The first-order chi connectivity index (χ1) is 14.7. The van der Waals surface area contributed by atoms with Crippen LogP contribution in [-0.2, 0) is 0 Å². The Bertz CT molecular complexity index is 1690. The predicted molar refractivity (Wildman–Crippen MR) is 125 cm³/mol. The molecule has 5 aromatic carbocycles. The predicted octanol–water partition coefficient (Wildman–Crippen LogP) is 7.68. The molecule has 0 saturated carbocycles. The summed E-state index contributed by atoms with van der Waals surface area (Å²) in [5, 5.41) is 9.07. The van der Waals surface area contributed by atoms with Crippen molar-refractivity contribution in [3.63, 3.8) is 0 Å². The van der Waals surface area contributed by atoms with E-state index in [2.05, 4.69) is 55.5 Å². The Balaban J connectivity index is 1.73. The molecule has 30 heavy (non-hydrogen) atoms. The minimum absolute atomic E-state index is 0.729. The minimum Gasteiger partial charge on any atom is -0.456 e. The van der Waals surface area contributed by atoms with Crippen molar-refractivity contribution in [3.8, 4) is 0 Å². The highest BCUT2D eigenvalue weighted by Crippen LogP contribution is 2.42. The summed E-state index contributed by atoms with van der Waals surface area (Å²) in [6, 6.07) is 25.0. The third-order valence-electron chi connectivity index (χ3n) is 6.32. The summed E-state index contributed by atoms with van der Waals surface area (Å²) < 4.78 is 12.5. The van der Waals surface area contributed by atoms with Crippen LogP contribution in [0.4, 0.5) is 5.69 Å². The van der Waals surface area contributed by atoms with Gasteiger partial charge >= 0.3 is 0 Å². The number of rotatable bonds is 0. The standard InChI is InChI=1S/C27H17NO2/c1-14-10-24-26(17-8-4-2-6-15(14)17)19-11-20-23(13-22(19)29-24)30-25-12-21(28)16-7-3-5-9-18(16)27(20)25/h2-13H,28H2,1H3. The molecule has 3 nitrogen and oxygen atoms in total. The molecule has 0 aliphatic carbocycles. The first-order valence-corrected chi connectivity index (χ1v) is 10.1. The second-order valence-corrected chi connectivity index (χ2v) is 8.05. The summed E-state index contributed by atoms with van der Waals surface area (Å²) in [5.41, 5.74) is 11.6. The quantitative estimate of drug-likeness (QED) is 0.271. The molecule has 0 aliphatic heterocycles. The van der Waals surface area contributed by atoms with E-state index in [4.69, 9.17) is 14.6 Å². The number of nitrogens with two attached hydrogens (primary N) is 1. The average Bonchev–Trinajstić information content (AvgIpc) is 3.29. The van der Waals surface area contributed by atoms with Gasteiger partial charge in [-0.3, -0.25) is 0 Å². The molecule has 0 atom stereocenters. The van der Waals surface area contributed by atoms with Crippen molar-refractivity contribution >= 4 is 71.1 Å². The zero-order chi connectivity index (χ0) is 20.0. The second-order valence-electron chi connectivity index (χ2n) is 8.05. The van der Waals surface area contributed by atoms with E-state index in [-0.39, 0.29) is 0 Å². The van der Waals surface area contributed by atoms with Gasteiger partial charge in [-0.15, -0.1) is 0 Å². The number of hydrogen-bond acceptors (Lipinski definition) is 3. The van der Waals surface area contributed by atoms with Crippen LogP contribution in [0.15, 0.2) is 81.6 Å². The molecule has 7 rings (SSSR count). The molecule has 7 aromatic rings. The molecule has 142 valence electrons. The molecule has 0 radical (unpaired) electrons. The average molecular weight is 387 g/mol. The zero-order valence-electron chi connectivity index (χ0n) is 16.3. The lowest BCUT2D eigenvalue weighted by molar-refractivity contribution is 0.656. The summed E-state index contributed by atoms with van der Waals surface area (Å²) in [6.07, 6.45) is 0. The molecule has 2 N–H and O–H groups in total. The Morgan fingerprint density at radius 1 is 0.533 bits per heavy atom. The molecule has 2 aromatic heterocycles. The fraction of sp³-hybridized carbons (Fsp3) is 0.0370. The van der Waals surface area contributed by atoms with Gasteiger partial charge in [0.2, 0.25) is 0 Å². The third-order valence-corrected chi connectivity index (χ3v) is 6.32. The Kier molecular flexibility index (Phi) is 2.82. The van der Waals surface area contributed by atoms with Gasteiger partial charge in [0.1, 0.15) is 22.3 Å². The zero-order valence-corrected chi connectivity index (χ0v) is 16.3. The van der Waals surface area contributed by atoms with Crippen LogP contribution in [0.2, 0.25) is 0 Å². The minimum atomic E-state index is 0.729. The van der Waals surface area contributed by atoms with Crippen LogP contribution in [-0.4, -0.2) is 0 Å². The normalized spacial score (nSPS) is 12.3. The SMILES string of the molecule is Cc1cc2oc3cc4oc5cc(N)c6ccccc6c5c4cc3c2c2ccccc12. The molecule has 3 heteroatoms. The smallest absolute Gasteiger partial charge is 0.139 e. The molecule has 0 aliphatic rings. The number of hydrogen-bond donors (Lipinski definition) is 1. The summed E-state index contributed by atoms with van der Waals surface area (Å²) in [4.78, 5) is 0. The molecule has 0 spiro atoms. The number of furan rings is 2. The summed E-state index contributed by atoms with van der Waals surface area (Å²) in [6.45, 7) is 2.13. The summed E-state index contributed by atoms with van der Waals surface area (Å²) >= 11 is 0. The second kappa shape index (κ2) is 5.33. The van der Waals surface area contributed by atoms with Crippen LogP contribution < -0.4 is 5.73 Å². The topological polar surface area (TPSA) is 52.3 Å². The van der Waals surface area contributed by atoms with Crippen molar-refractivity contribution in [2.75, 3.05) is 5.73 Å². The first kappa shape index (κ1) is 15.9. The number of aryl methyl sites for hydroxylation is 1. The van der Waals surface area contributed by atoms with Gasteiger partial charge in [-0.25, -0.2) is 0 Å². The number of benzene rings is 5. The van der Waals surface area contributed by atoms with Crippen molar-refractivity contribution in [2.24, 2.45) is 0 Å².